The largest absolute Gasteiger partial charge is 0.455 e. The summed E-state index contributed by atoms with van der Waals surface area (Å²) in [6.45, 7) is 20.5. The number of ether oxygens (including phenoxy) is 1. The summed E-state index contributed by atoms with van der Waals surface area (Å²) in [4.78, 5) is 12.5. The Balaban J connectivity index is 1.86. The van der Waals surface area contributed by atoms with E-state index in [4.69, 9.17) is 9.16 Å². The molecule has 3 nitrogen and oxygen atoms in total. The molecule has 4 rings (SSSR count). The smallest absolute Gasteiger partial charge is 0.333 e. The molecule has 4 heteroatoms. The van der Waals surface area contributed by atoms with Gasteiger partial charge in [0, 0.05) is 18.1 Å². The summed E-state index contributed by atoms with van der Waals surface area (Å²) in [5.74, 6) is 2.27. The van der Waals surface area contributed by atoms with Crippen molar-refractivity contribution in [1.29, 1.82) is 0 Å². The van der Waals surface area contributed by atoms with Gasteiger partial charge in [0.2, 0.25) is 0 Å². The molecule has 0 aliphatic heterocycles. The van der Waals surface area contributed by atoms with Gasteiger partial charge in [-0.1, -0.05) is 48.1 Å². The molecule has 4 saturated carbocycles. The van der Waals surface area contributed by atoms with Gasteiger partial charge >= 0.3 is 5.97 Å². The summed E-state index contributed by atoms with van der Waals surface area (Å²) in [6.07, 6.45) is 6.01. The Labute approximate surface area is 173 Å². The van der Waals surface area contributed by atoms with Crippen molar-refractivity contribution >= 4 is 14.3 Å². The predicted molar refractivity (Wildman–Crippen MR) is 118 cm³/mol. The topological polar surface area (TPSA) is 35.5 Å². The molecule has 0 saturated heterocycles. The number of carbonyl (C=O) groups excluding carboxylic acids is 1. The average molecular weight is 407 g/mol. The van der Waals surface area contributed by atoms with Crippen molar-refractivity contribution in [3.05, 3.63) is 12.2 Å². The summed E-state index contributed by atoms with van der Waals surface area (Å²) >= 11 is 0. The van der Waals surface area contributed by atoms with Crippen molar-refractivity contribution in [3.8, 4) is 0 Å². The Morgan fingerprint density at radius 3 is 1.93 bits per heavy atom. The summed E-state index contributed by atoms with van der Waals surface area (Å²) in [5.41, 5.74) is 1.95. The van der Waals surface area contributed by atoms with Gasteiger partial charge in [0.15, 0.2) is 8.32 Å². The van der Waals surface area contributed by atoms with Crippen molar-refractivity contribution in [1.82, 2.24) is 0 Å². The zero-order valence-electron chi connectivity index (χ0n) is 19.2. The van der Waals surface area contributed by atoms with Crippen LogP contribution in [0.25, 0.3) is 0 Å². The molecule has 28 heavy (non-hydrogen) atoms. The van der Waals surface area contributed by atoms with Gasteiger partial charge in [-0.3, -0.25) is 0 Å². The van der Waals surface area contributed by atoms with Gasteiger partial charge in [-0.25, -0.2) is 4.79 Å². The first-order valence-corrected chi connectivity index (χ1v) is 13.7. The fourth-order valence-electron chi connectivity index (χ4n) is 7.52. The van der Waals surface area contributed by atoms with Gasteiger partial charge in [0.05, 0.1) is 0 Å². The monoisotopic (exact) mass is 406 g/mol. The lowest BCUT2D eigenvalue weighted by atomic mass is 9.50. The van der Waals surface area contributed by atoms with Crippen LogP contribution >= 0.6 is 0 Å². The van der Waals surface area contributed by atoms with E-state index in [-0.39, 0.29) is 11.6 Å². The van der Waals surface area contributed by atoms with Crippen LogP contribution in [0.3, 0.4) is 0 Å². The molecule has 4 fully saturated rings. The molecule has 0 aromatic heterocycles. The van der Waals surface area contributed by atoms with Crippen molar-refractivity contribution < 1.29 is 14.0 Å². The minimum atomic E-state index is -1.92. The Morgan fingerprint density at radius 2 is 1.50 bits per heavy atom. The summed E-state index contributed by atoms with van der Waals surface area (Å²) in [7, 11) is -1.92. The molecule has 0 radical (unpaired) electrons. The maximum atomic E-state index is 12.5. The number of hydrogen-bond acceptors (Lipinski definition) is 3. The lowest BCUT2D eigenvalue weighted by Crippen LogP contribution is -2.61. The highest BCUT2D eigenvalue weighted by Crippen LogP contribution is 2.60. The van der Waals surface area contributed by atoms with Crippen LogP contribution in [-0.2, 0) is 14.0 Å². The Morgan fingerprint density at radius 1 is 1.00 bits per heavy atom. The van der Waals surface area contributed by atoms with E-state index in [1.165, 1.54) is 19.3 Å². The highest BCUT2D eigenvalue weighted by Gasteiger charge is 2.60. The molecule has 0 spiro atoms. The molecule has 3 atom stereocenters. The molecule has 160 valence electrons. The molecule has 3 unspecified atom stereocenters. The maximum Gasteiger partial charge on any atom is 0.333 e. The minimum absolute atomic E-state index is 0.202. The van der Waals surface area contributed by atoms with E-state index >= 15 is 0 Å². The fourth-order valence-corrected chi connectivity index (χ4v) is 13.0. The van der Waals surface area contributed by atoms with E-state index in [2.05, 4.69) is 48.1 Å². The van der Waals surface area contributed by atoms with E-state index in [1.807, 2.05) is 0 Å². The molecule has 4 bridgehead atoms. The fraction of sp³-hybridized carbons (Fsp3) is 0.875. The zero-order valence-corrected chi connectivity index (χ0v) is 20.2. The van der Waals surface area contributed by atoms with E-state index in [0.29, 0.717) is 34.0 Å². The van der Waals surface area contributed by atoms with Gasteiger partial charge in [0.25, 0.3) is 0 Å². The third kappa shape index (κ3) is 3.64. The molecule has 4 aliphatic carbocycles. The van der Waals surface area contributed by atoms with Gasteiger partial charge in [0.1, 0.15) is 5.60 Å². The lowest BCUT2D eigenvalue weighted by Gasteiger charge is -2.60. The van der Waals surface area contributed by atoms with E-state index < -0.39 is 8.32 Å². The predicted octanol–water partition coefficient (Wildman–Crippen LogP) is 6.49. The van der Waals surface area contributed by atoms with E-state index in [9.17, 15) is 4.79 Å². The maximum absolute atomic E-state index is 12.5. The normalized spacial score (nSPS) is 34.5. The number of carbonyl (C=O) groups is 1. The number of hydrogen-bond donors (Lipinski definition) is 0. The Kier molecular flexibility index (Phi) is 6.23. The van der Waals surface area contributed by atoms with E-state index in [1.54, 1.807) is 6.92 Å². The first-order valence-electron chi connectivity index (χ1n) is 11.5. The summed E-state index contributed by atoms with van der Waals surface area (Å²) in [5, 5.41) is 0. The highest BCUT2D eigenvalue weighted by molar-refractivity contribution is 6.77. The third-order valence-electron chi connectivity index (χ3n) is 8.32. The highest BCUT2D eigenvalue weighted by atomic mass is 28.4. The summed E-state index contributed by atoms with van der Waals surface area (Å²) < 4.78 is 13.3. The second kappa shape index (κ2) is 7.90. The Hall–Kier alpha value is -0.613. The van der Waals surface area contributed by atoms with Gasteiger partial charge < -0.3 is 9.16 Å². The average Bonchev–Trinajstić information content (AvgIpc) is 2.55. The molecule has 0 heterocycles. The number of esters is 1. The van der Waals surface area contributed by atoms with Crippen LogP contribution < -0.4 is 0 Å². The lowest BCUT2D eigenvalue weighted by molar-refractivity contribution is -0.209. The SMILES string of the molecule is C=C(C)C(=O)OC12CC3CC(CC(C3)C1CO[Si](C(C)C)(C(C)C)C(C)C)C2. The molecular weight excluding hydrogens is 364 g/mol. The van der Waals surface area contributed by atoms with Crippen LogP contribution in [0.4, 0.5) is 0 Å². The molecule has 0 aromatic carbocycles. The first kappa shape index (κ1) is 22.1. The molecule has 0 N–H and O–H groups in total. The zero-order chi connectivity index (χ0) is 20.9. The van der Waals surface area contributed by atoms with Crippen LogP contribution in [0.5, 0.6) is 0 Å². The second-order valence-corrected chi connectivity index (χ2v) is 16.5. The van der Waals surface area contributed by atoms with Crippen molar-refractivity contribution in [3.63, 3.8) is 0 Å². The quantitative estimate of drug-likeness (QED) is 0.262. The van der Waals surface area contributed by atoms with Crippen LogP contribution in [0.15, 0.2) is 12.2 Å². The van der Waals surface area contributed by atoms with Crippen LogP contribution in [-0.4, -0.2) is 26.5 Å². The standard InChI is InChI=1S/C24H42O3Si/c1-15(2)23(25)27-24-12-19-9-20(13-24)11-21(10-19)22(24)14-26-28(16(3)4,17(5)6)18(7)8/h16-22H,1,9-14H2,2-8H3. The van der Waals surface area contributed by atoms with Crippen LogP contribution in [0.1, 0.15) is 80.6 Å². The molecular formula is C24H42O3Si. The summed E-state index contributed by atoms with van der Waals surface area (Å²) in [6, 6.07) is 0. The first-order chi connectivity index (χ1) is 13.0. The molecule has 0 amide bonds. The van der Waals surface area contributed by atoms with Gasteiger partial charge in [-0.2, -0.15) is 0 Å². The van der Waals surface area contributed by atoms with Crippen molar-refractivity contribution in [2.45, 2.75) is 103 Å². The minimum Gasteiger partial charge on any atom is -0.455 e. The van der Waals surface area contributed by atoms with Crippen molar-refractivity contribution in [2.24, 2.45) is 23.7 Å². The van der Waals surface area contributed by atoms with E-state index in [0.717, 1.165) is 31.3 Å². The van der Waals surface area contributed by atoms with Crippen molar-refractivity contribution in [2.75, 3.05) is 6.61 Å². The number of rotatable bonds is 8. The molecule has 4 aliphatic rings. The van der Waals surface area contributed by atoms with Crippen LogP contribution in [0, 0.1) is 23.7 Å². The Bertz CT molecular complexity index is 573. The van der Waals surface area contributed by atoms with Crippen LogP contribution in [0.2, 0.25) is 16.6 Å². The van der Waals surface area contributed by atoms with Gasteiger partial charge in [-0.15, -0.1) is 0 Å². The molecule has 0 aromatic rings. The third-order valence-corrected chi connectivity index (χ3v) is 14.4. The second-order valence-electron chi connectivity index (χ2n) is 11.1. The van der Waals surface area contributed by atoms with Gasteiger partial charge in [-0.05, 0) is 73.4 Å².